The van der Waals surface area contributed by atoms with Gasteiger partial charge >= 0.3 is 5.69 Å². The van der Waals surface area contributed by atoms with Crippen LogP contribution in [0.25, 0.3) is 16.6 Å². The van der Waals surface area contributed by atoms with Crippen molar-refractivity contribution in [2.24, 2.45) is 5.73 Å². The number of hydrogen-bond donors (Lipinski definition) is 1. The number of benzene rings is 1. The average molecular weight is 307 g/mol. The van der Waals surface area contributed by atoms with E-state index in [1.165, 1.54) is 4.68 Å². The molecule has 6 heteroatoms. The maximum atomic E-state index is 12.2. The molecule has 0 spiro atoms. The van der Waals surface area contributed by atoms with Gasteiger partial charge in [-0.15, -0.1) is 5.10 Å². The maximum absolute atomic E-state index is 12.2. The molecule has 92 valence electrons. The lowest BCUT2D eigenvalue weighted by Gasteiger charge is -2.00. The predicted octanol–water partition coefficient (Wildman–Crippen LogP) is 1.37. The highest BCUT2D eigenvalue weighted by Gasteiger charge is 2.09. The van der Waals surface area contributed by atoms with Crippen molar-refractivity contribution in [1.29, 1.82) is 0 Å². The molecule has 0 aliphatic heterocycles. The molecule has 18 heavy (non-hydrogen) atoms. The predicted molar refractivity (Wildman–Crippen MR) is 73.7 cm³/mol. The fourth-order valence-corrected chi connectivity index (χ4v) is 2.39. The van der Waals surface area contributed by atoms with Crippen LogP contribution in [0.1, 0.15) is 0 Å². The summed E-state index contributed by atoms with van der Waals surface area (Å²) >= 11 is 3.42. The summed E-state index contributed by atoms with van der Waals surface area (Å²) in [7, 11) is 0. The third kappa shape index (κ3) is 1.65. The zero-order chi connectivity index (χ0) is 12.7. The number of nitrogens with zero attached hydrogens (tertiary/aromatic N) is 3. The molecule has 0 saturated carbocycles. The number of rotatable bonds is 2. The molecule has 1 aromatic carbocycles. The number of fused-ring (bicyclic) bond motifs is 3. The van der Waals surface area contributed by atoms with Gasteiger partial charge in [0.1, 0.15) is 0 Å². The van der Waals surface area contributed by atoms with E-state index in [-0.39, 0.29) is 5.69 Å². The van der Waals surface area contributed by atoms with Crippen molar-refractivity contribution in [3.63, 3.8) is 0 Å². The third-order valence-electron chi connectivity index (χ3n) is 2.85. The molecule has 0 unspecified atom stereocenters. The molecule has 2 heterocycles. The van der Waals surface area contributed by atoms with Gasteiger partial charge in [0, 0.05) is 11.0 Å². The van der Waals surface area contributed by atoms with Crippen LogP contribution in [-0.4, -0.2) is 20.7 Å². The fraction of sp³-hybridized carbons (Fsp3) is 0.167. The Bertz CT molecular complexity index is 790. The highest BCUT2D eigenvalue weighted by Crippen LogP contribution is 2.19. The van der Waals surface area contributed by atoms with E-state index >= 15 is 0 Å². The Kier molecular flexibility index (Phi) is 2.68. The van der Waals surface area contributed by atoms with Gasteiger partial charge in [-0.1, -0.05) is 22.0 Å². The third-order valence-corrected chi connectivity index (χ3v) is 3.34. The van der Waals surface area contributed by atoms with Crippen molar-refractivity contribution in [2.45, 2.75) is 6.54 Å². The maximum Gasteiger partial charge on any atom is 0.350 e. The van der Waals surface area contributed by atoms with E-state index < -0.39 is 0 Å². The molecule has 0 atom stereocenters. The Morgan fingerprint density at radius 3 is 2.83 bits per heavy atom. The quantitative estimate of drug-likeness (QED) is 0.777. The highest BCUT2D eigenvalue weighted by molar-refractivity contribution is 9.10. The van der Waals surface area contributed by atoms with Gasteiger partial charge in [0.2, 0.25) is 0 Å². The van der Waals surface area contributed by atoms with Crippen molar-refractivity contribution in [2.75, 3.05) is 6.54 Å². The van der Waals surface area contributed by atoms with Crippen LogP contribution in [0.5, 0.6) is 0 Å². The van der Waals surface area contributed by atoms with E-state index in [0.717, 1.165) is 15.4 Å². The van der Waals surface area contributed by atoms with Crippen molar-refractivity contribution >= 4 is 32.5 Å². The second-order valence-electron chi connectivity index (χ2n) is 4.02. The topological polar surface area (TPSA) is 65.3 Å². The molecule has 2 aromatic heterocycles. The lowest BCUT2D eigenvalue weighted by molar-refractivity contribution is 0.603. The van der Waals surface area contributed by atoms with Crippen LogP contribution in [0.4, 0.5) is 0 Å². The van der Waals surface area contributed by atoms with E-state index in [9.17, 15) is 4.79 Å². The molecule has 0 aliphatic rings. The first-order chi connectivity index (χ1) is 8.70. The number of hydrogen-bond acceptors (Lipinski definition) is 3. The highest BCUT2D eigenvalue weighted by atomic mass is 79.9. The van der Waals surface area contributed by atoms with Gasteiger partial charge in [-0.3, -0.25) is 0 Å². The SMILES string of the molecule is NCCn1nc2ccc3ccc(Br)cc3n2c1=O. The largest absolute Gasteiger partial charge is 0.350 e. The number of pyridine rings is 1. The zero-order valence-corrected chi connectivity index (χ0v) is 11.1. The van der Waals surface area contributed by atoms with Crippen LogP contribution in [0.3, 0.4) is 0 Å². The first-order valence-electron chi connectivity index (χ1n) is 5.58. The van der Waals surface area contributed by atoms with Crippen LogP contribution in [0, 0.1) is 0 Å². The number of halogens is 1. The summed E-state index contributed by atoms with van der Waals surface area (Å²) in [6, 6.07) is 9.62. The lowest BCUT2D eigenvalue weighted by atomic mass is 10.2. The van der Waals surface area contributed by atoms with Crippen LogP contribution in [-0.2, 0) is 6.54 Å². The Hall–Kier alpha value is -1.66. The van der Waals surface area contributed by atoms with Gasteiger partial charge in [0.25, 0.3) is 0 Å². The molecule has 0 bridgehead atoms. The van der Waals surface area contributed by atoms with Gasteiger partial charge in [0.05, 0.1) is 12.1 Å². The summed E-state index contributed by atoms with van der Waals surface area (Å²) in [4.78, 5) is 12.2. The molecule has 0 fully saturated rings. The number of aromatic nitrogens is 3. The van der Waals surface area contributed by atoms with Crippen LogP contribution in [0.2, 0.25) is 0 Å². The van der Waals surface area contributed by atoms with Crippen molar-refractivity contribution < 1.29 is 0 Å². The molecule has 2 N–H and O–H groups in total. The minimum atomic E-state index is -0.154. The Balaban J connectivity index is 2.45. The normalized spacial score (nSPS) is 11.4. The van der Waals surface area contributed by atoms with Crippen LogP contribution >= 0.6 is 15.9 Å². The molecule has 0 saturated heterocycles. The van der Waals surface area contributed by atoms with E-state index in [4.69, 9.17) is 5.73 Å². The van der Waals surface area contributed by atoms with Crippen LogP contribution in [0.15, 0.2) is 39.6 Å². The minimum Gasteiger partial charge on any atom is -0.329 e. The molecule has 0 radical (unpaired) electrons. The monoisotopic (exact) mass is 306 g/mol. The average Bonchev–Trinajstić information content (AvgIpc) is 2.67. The second kappa shape index (κ2) is 4.22. The Labute approximate surface area is 111 Å². The molecular weight excluding hydrogens is 296 g/mol. The molecule has 0 aliphatic carbocycles. The van der Waals surface area contributed by atoms with E-state index in [0.29, 0.717) is 18.7 Å². The summed E-state index contributed by atoms with van der Waals surface area (Å²) in [5.41, 5.74) is 6.80. The van der Waals surface area contributed by atoms with E-state index in [1.54, 1.807) is 4.40 Å². The molecule has 0 amide bonds. The van der Waals surface area contributed by atoms with Crippen molar-refractivity contribution in [3.8, 4) is 0 Å². The van der Waals surface area contributed by atoms with Gasteiger partial charge in [-0.05, 0) is 29.7 Å². The second-order valence-corrected chi connectivity index (χ2v) is 4.94. The van der Waals surface area contributed by atoms with Gasteiger partial charge in [-0.2, -0.15) is 0 Å². The first kappa shape index (κ1) is 11.4. The molecule has 3 aromatic rings. The number of nitrogens with two attached hydrogens (primary N) is 1. The zero-order valence-electron chi connectivity index (χ0n) is 9.51. The van der Waals surface area contributed by atoms with E-state index in [2.05, 4.69) is 21.0 Å². The molecular formula is C12H11BrN4O. The summed E-state index contributed by atoms with van der Waals surface area (Å²) in [5, 5.41) is 5.25. The first-order valence-corrected chi connectivity index (χ1v) is 6.38. The Morgan fingerprint density at radius 1 is 1.28 bits per heavy atom. The molecule has 5 nitrogen and oxygen atoms in total. The van der Waals surface area contributed by atoms with Crippen molar-refractivity contribution in [3.05, 3.63) is 45.3 Å². The van der Waals surface area contributed by atoms with Crippen molar-refractivity contribution in [1.82, 2.24) is 14.2 Å². The lowest BCUT2D eigenvalue weighted by Crippen LogP contribution is -2.24. The van der Waals surface area contributed by atoms with Gasteiger partial charge in [-0.25, -0.2) is 13.9 Å². The summed E-state index contributed by atoms with van der Waals surface area (Å²) < 4.78 is 3.94. The standard InChI is InChI=1S/C12H11BrN4O/c13-9-3-1-8-2-4-11-15-16(6-5-14)12(18)17(11)10(8)7-9/h1-4,7H,5-6,14H2. The van der Waals surface area contributed by atoms with Gasteiger partial charge < -0.3 is 5.73 Å². The van der Waals surface area contributed by atoms with E-state index in [1.807, 2.05) is 30.3 Å². The Morgan fingerprint density at radius 2 is 2.06 bits per heavy atom. The van der Waals surface area contributed by atoms with Crippen LogP contribution < -0.4 is 11.4 Å². The summed E-state index contributed by atoms with van der Waals surface area (Å²) in [6.45, 7) is 0.821. The van der Waals surface area contributed by atoms with Gasteiger partial charge in [0.15, 0.2) is 5.65 Å². The summed E-state index contributed by atoms with van der Waals surface area (Å²) in [6.07, 6.45) is 0. The fourth-order valence-electron chi connectivity index (χ4n) is 2.04. The smallest absolute Gasteiger partial charge is 0.329 e. The molecule has 3 rings (SSSR count). The summed E-state index contributed by atoms with van der Waals surface area (Å²) in [5.74, 6) is 0. The minimum absolute atomic E-state index is 0.154.